The Kier molecular flexibility index (Phi) is 20.4. The van der Waals surface area contributed by atoms with E-state index in [4.69, 9.17) is 24.7 Å². The van der Waals surface area contributed by atoms with Crippen molar-refractivity contribution >= 4 is 12.1 Å². The van der Waals surface area contributed by atoms with E-state index in [2.05, 4.69) is 44.9 Å². The SMILES string of the molecule is CC.CNCCCOc1ccc(Oc2ccc(CCN)cc2C)cc1.COc1ccc(C=O)nn1.FC(F)(F)c1cccc(NC2CCCOC2)n1. The summed E-state index contributed by atoms with van der Waals surface area (Å²) in [7, 11) is 3.43. The second-order valence-corrected chi connectivity index (χ2v) is 11.1. The van der Waals surface area contributed by atoms with Gasteiger partial charge >= 0.3 is 6.18 Å². The third-order valence-electron chi connectivity index (χ3n) is 7.11. The smallest absolute Gasteiger partial charge is 0.433 e. The first-order valence-corrected chi connectivity index (χ1v) is 17.2. The minimum atomic E-state index is -4.40. The Labute approximate surface area is 304 Å². The van der Waals surface area contributed by atoms with E-state index in [0.29, 0.717) is 44.2 Å². The quantitative estimate of drug-likeness (QED) is 0.0944. The molecule has 2 aromatic carbocycles. The maximum atomic E-state index is 12.4. The summed E-state index contributed by atoms with van der Waals surface area (Å²) in [4.78, 5) is 13.6. The van der Waals surface area contributed by atoms with Crippen LogP contribution in [0.1, 0.15) is 60.4 Å². The van der Waals surface area contributed by atoms with Crippen LogP contribution in [-0.2, 0) is 17.3 Å². The van der Waals surface area contributed by atoms with E-state index in [1.165, 1.54) is 24.8 Å². The van der Waals surface area contributed by atoms with Gasteiger partial charge in [0.15, 0.2) is 6.29 Å². The summed E-state index contributed by atoms with van der Waals surface area (Å²) in [5.41, 5.74) is 7.37. The molecule has 0 aliphatic carbocycles. The number of pyridine rings is 1. The number of benzene rings is 2. The number of aryl methyl sites for hydroxylation is 1. The minimum absolute atomic E-state index is 0.0414. The summed E-state index contributed by atoms with van der Waals surface area (Å²) in [6.45, 7) is 9.61. The van der Waals surface area contributed by atoms with Gasteiger partial charge in [0.25, 0.3) is 0 Å². The number of nitrogens with two attached hydrogens (primary N) is 1. The highest BCUT2D eigenvalue weighted by molar-refractivity contribution is 5.71. The predicted octanol–water partition coefficient (Wildman–Crippen LogP) is 7.29. The average molecular weight is 729 g/mol. The molecule has 0 amide bonds. The van der Waals surface area contributed by atoms with Crippen LogP contribution in [0.4, 0.5) is 19.0 Å². The maximum absolute atomic E-state index is 12.4. The Morgan fingerprint density at radius 2 is 1.77 bits per heavy atom. The van der Waals surface area contributed by atoms with Crippen molar-refractivity contribution in [3.8, 4) is 23.1 Å². The summed E-state index contributed by atoms with van der Waals surface area (Å²) < 4.78 is 58.9. The van der Waals surface area contributed by atoms with E-state index in [0.717, 1.165) is 61.1 Å². The highest BCUT2D eigenvalue weighted by atomic mass is 19.4. The number of methoxy groups -OCH3 is 1. The van der Waals surface area contributed by atoms with Crippen molar-refractivity contribution in [2.24, 2.45) is 5.73 Å². The van der Waals surface area contributed by atoms with E-state index >= 15 is 0 Å². The van der Waals surface area contributed by atoms with E-state index in [1.54, 1.807) is 12.1 Å². The van der Waals surface area contributed by atoms with Gasteiger partial charge in [-0.2, -0.15) is 13.2 Å². The van der Waals surface area contributed by atoms with Crippen LogP contribution in [0.2, 0.25) is 0 Å². The van der Waals surface area contributed by atoms with Gasteiger partial charge in [-0.15, -0.1) is 10.2 Å². The largest absolute Gasteiger partial charge is 0.494 e. The fourth-order valence-corrected chi connectivity index (χ4v) is 4.56. The molecule has 0 saturated carbocycles. The second-order valence-electron chi connectivity index (χ2n) is 11.1. The Morgan fingerprint density at radius 3 is 2.35 bits per heavy atom. The summed E-state index contributed by atoms with van der Waals surface area (Å²) >= 11 is 0. The van der Waals surface area contributed by atoms with Crippen LogP contribution in [0.5, 0.6) is 23.1 Å². The normalized spacial score (nSPS) is 13.4. The van der Waals surface area contributed by atoms with Crippen LogP contribution < -0.4 is 30.6 Å². The standard InChI is InChI=1S/C19H26N2O2.C11H13F3N2O.C6H6N2O2.C2H6/c1-15-14-16(10-11-20)4-9-19(15)23-18-7-5-17(6-8-18)22-13-3-12-21-2;12-11(13,14)9-4-1-5-10(16-9)15-8-3-2-6-17-7-8;1-10-6-3-2-5(4-9)7-8-6;1-2/h4-9,14,21H,3,10-13,20H2,1-2H3;1,4-5,8H,2-3,6-7H2,(H,15,16);2-4H,1H3;1-2H3. The van der Waals surface area contributed by atoms with E-state index in [9.17, 15) is 18.0 Å². The van der Waals surface area contributed by atoms with Gasteiger partial charge < -0.3 is 35.3 Å². The lowest BCUT2D eigenvalue weighted by Gasteiger charge is -2.23. The zero-order valence-corrected chi connectivity index (χ0v) is 30.5. The van der Waals surface area contributed by atoms with Crippen molar-refractivity contribution in [1.82, 2.24) is 20.5 Å². The van der Waals surface area contributed by atoms with Gasteiger partial charge in [0.1, 0.15) is 34.5 Å². The number of nitrogens with one attached hydrogen (secondary N) is 2. The number of aldehydes is 1. The molecule has 0 bridgehead atoms. The number of hydrogen-bond acceptors (Lipinski definition) is 11. The molecule has 4 aromatic rings. The average Bonchev–Trinajstić information content (AvgIpc) is 3.17. The van der Waals surface area contributed by atoms with Crippen molar-refractivity contribution in [3.05, 3.63) is 95.3 Å². The van der Waals surface area contributed by atoms with Crippen molar-refractivity contribution in [2.45, 2.75) is 58.7 Å². The lowest BCUT2D eigenvalue weighted by molar-refractivity contribution is -0.141. The first-order valence-electron chi connectivity index (χ1n) is 17.2. The molecule has 1 aliphatic rings. The summed E-state index contributed by atoms with van der Waals surface area (Å²) in [5, 5.41) is 13.1. The Hall–Kier alpha value is -4.79. The minimum Gasteiger partial charge on any atom is -0.494 e. The number of alkyl halides is 3. The highest BCUT2D eigenvalue weighted by Crippen LogP contribution is 2.29. The van der Waals surface area contributed by atoms with Gasteiger partial charge in [0.2, 0.25) is 5.88 Å². The zero-order valence-electron chi connectivity index (χ0n) is 30.5. The molecular formula is C38H51F3N6O5. The van der Waals surface area contributed by atoms with Crippen molar-refractivity contribution in [3.63, 3.8) is 0 Å². The third kappa shape index (κ3) is 16.5. The highest BCUT2D eigenvalue weighted by Gasteiger charge is 2.32. The number of halogens is 3. The van der Waals surface area contributed by atoms with Gasteiger partial charge in [0.05, 0.1) is 26.4 Å². The fraction of sp³-hybridized carbons (Fsp3) is 0.421. The van der Waals surface area contributed by atoms with Crippen LogP contribution in [0.25, 0.3) is 0 Å². The summed E-state index contributed by atoms with van der Waals surface area (Å²) in [5.74, 6) is 3.19. The first kappa shape index (κ1) is 43.4. The van der Waals surface area contributed by atoms with Gasteiger partial charge in [0, 0.05) is 12.7 Å². The lowest BCUT2D eigenvalue weighted by atomic mass is 10.1. The third-order valence-corrected chi connectivity index (χ3v) is 7.11. The predicted molar refractivity (Wildman–Crippen MR) is 197 cm³/mol. The van der Waals surface area contributed by atoms with Crippen molar-refractivity contribution in [2.75, 3.05) is 52.4 Å². The molecule has 1 fully saturated rings. The molecule has 284 valence electrons. The topological polar surface area (TPSA) is 143 Å². The zero-order chi connectivity index (χ0) is 38.2. The van der Waals surface area contributed by atoms with Crippen LogP contribution in [0.15, 0.2) is 72.8 Å². The molecule has 5 rings (SSSR count). The van der Waals surface area contributed by atoms with E-state index in [-0.39, 0.29) is 11.9 Å². The molecule has 1 saturated heterocycles. The van der Waals surface area contributed by atoms with Crippen LogP contribution >= 0.6 is 0 Å². The van der Waals surface area contributed by atoms with E-state index in [1.807, 2.05) is 51.2 Å². The molecule has 11 nitrogen and oxygen atoms in total. The number of rotatable bonds is 13. The number of anilines is 1. The molecule has 1 aliphatic heterocycles. The fourth-order valence-electron chi connectivity index (χ4n) is 4.56. The van der Waals surface area contributed by atoms with Crippen LogP contribution in [0.3, 0.4) is 0 Å². The number of nitrogens with zero attached hydrogens (tertiary/aromatic N) is 3. The summed E-state index contributed by atoms with van der Waals surface area (Å²) in [6.07, 6.45) is -0.0917. The molecule has 1 unspecified atom stereocenters. The number of carbonyl (C=O) groups excluding carboxylic acids is 1. The van der Waals surface area contributed by atoms with Gasteiger partial charge in [-0.05, 0) is 112 Å². The molecule has 14 heteroatoms. The molecule has 0 radical (unpaired) electrons. The molecular weight excluding hydrogens is 677 g/mol. The van der Waals surface area contributed by atoms with Crippen LogP contribution in [0, 0.1) is 6.92 Å². The van der Waals surface area contributed by atoms with Gasteiger partial charge in [-0.25, -0.2) is 4.98 Å². The first-order chi connectivity index (χ1) is 25.1. The summed E-state index contributed by atoms with van der Waals surface area (Å²) in [6, 6.07) is 20.9. The van der Waals surface area contributed by atoms with Gasteiger partial charge in [-0.1, -0.05) is 32.0 Å². The lowest BCUT2D eigenvalue weighted by Crippen LogP contribution is -2.30. The second kappa shape index (κ2) is 24.4. The Morgan fingerprint density at radius 1 is 1.02 bits per heavy atom. The Balaban J connectivity index is 0.000000283. The molecule has 2 aromatic heterocycles. The monoisotopic (exact) mass is 728 g/mol. The van der Waals surface area contributed by atoms with Gasteiger partial charge in [-0.3, -0.25) is 4.79 Å². The molecule has 3 heterocycles. The van der Waals surface area contributed by atoms with Crippen molar-refractivity contribution < 1.29 is 36.9 Å². The number of hydrogen-bond donors (Lipinski definition) is 3. The molecule has 4 N–H and O–H groups in total. The maximum Gasteiger partial charge on any atom is 0.433 e. The molecule has 1 atom stereocenters. The molecule has 52 heavy (non-hydrogen) atoms. The Bertz CT molecular complexity index is 1550. The number of carbonyl (C=O) groups is 1. The molecule has 0 spiro atoms. The number of aromatic nitrogens is 3. The van der Waals surface area contributed by atoms with E-state index < -0.39 is 11.9 Å². The van der Waals surface area contributed by atoms with Crippen LogP contribution in [-0.4, -0.2) is 74.6 Å². The number of ether oxygens (including phenoxy) is 4. The van der Waals surface area contributed by atoms with Crippen molar-refractivity contribution in [1.29, 1.82) is 0 Å².